The Labute approximate surface area is 128 Å². The van der Waals surface area contributed by atoms with Crippen LogP contribution in [0.25, 0.3) is 0 Å². The van der Waals surface area contributed by atoms with Gasteiger partial charge in [0.2, 0.25) is 5.91 Å². The molecule has 2 rings (SSSR count). The molecule has 1 saturated carbocycles. The van der Waals surface area contributed by atoms with Crippen LogP contribution in [-0.2, 0) is 15.8 Å². The third-order valence-corrected chi connectivity index (χ3v) is 8.91. The molecule has 1 amide bonds. The Morgan fingerprint density at radius 1 is 1.43 bits per heavy atom. The summed E-state index contributed by atoms with van der Waals surface area (Å²) in [5.41, 5.74) is 1.06. The van der Waals surface area contributed by atoms with E-state index in [-0.39, 0.29) is 16.9 Å². The van der Waals surface area contributed by atoms with Crippen LogP contribution in [-0.4, -0.2) is 19.2 Å². The Morgan fingerprint density at radius 3 is 2.67 bits per heavy atom. The van der Waals surface area contributed by atoms with E-state index in [0.29, 0.717) is 12.4 Å². The molecule has 1 fully saturated rings. The number of pyridine rings is 1. The zero-order valence-electron chi connectivity index (χ0n) is 13.7. The van der Waals surface area contributed by atoms with E-state index in [0.717, 1.165) is 18.4 Å². The molecule has 0 unspecified atom stereocenters. The molecule has 0 aliphatic heterocycles. The quantitative estimate of drug-likeness (QED) is 0.838. The van der Waals surface area contributed by atoms with E-state index >= 15 is 0 Å². The lowest BCUT2D eigenvalue weighted by Gasteiger charge is -2.36. The standard InChI is InChI=1S/C16H26N2O2Si/c1-16(2,3)21(4,5)20-11-12-8-9-17-14(10-12)18-15(19)13-6-7-13/h8-10,13H,6-7,11H2,1-5H3,(H,17,18,19). The highest BCUT2D eigenvalue weighted by Gasteiger charge is 2.37. The van der Waals surface area contributed by atoms with E-state index in [2.05, 4.69) is 44.2 Å². The Bertz CT molecular complexity index is 519. The maximum Gasteiger partial charge on any atom is 0.228 e. The van der Waals surface area contributed by atoms with E-state index < -0.39 is 8.32 Å². The summed E-state index contributed by atoms with van der Waals surface area (Å²) < 4.78 is 6.20. The SMILES string of the molecule is CC(C)(C)[Si](C)(C)OCc1ccnc(NC(=O)C2CC2)c1. The van der Waals surface area contributed by atoms with Crippen molar-refractivity contribution in [3.8, 4) is 0 Å². The van der Waals surface area contributed by atoms with E-state index in [1.54, 1.807) is 6.20 Å². The average Bonchev–Trinajstić information content (AvgIpc) is 3.20. The van der Waals surface area contributed by atoms with Gasteiger partial charge in [-0.3, -0.25) is 4.79 Å². The average molecular weight is 306 g/mol. The van der Waals surface area contributed by atoms with Crippen molar-refractivity contribution in [2.45, 2.75) is 58.4 Å². The van der Waals surface area contributed by atoms with E-state index in [9.17, 15) is 4.79 Å². The molecule has 0 spiro atoms. The lowest BCUT2D eigenvalue weighted by atomic mass is 10.2. The van der Waals surface area contributed by atoms with E-state index in [4.69, 9.17) is 4.43 Å². The number of rotatable bonds is 5. The number of anilines is 1. The molecule has 1 aliphatic rings. The van der Waals surface area contributed by atoms with Crippen LogP contribution in [0.4, 0.5) is 5.82 Å². The van der Waals surface area contributed by atoms with Crippen LogP contribution in [0.5, 0.6) is 0 Å². The van der Waals surface area contributed by atoms with Crippen molar-refractivity contribution >= 4 is 20.0 Å². The number of carbonyl (C=O) groups excluding carboxylic acids is 1. The maximum absolute atomic E-state index is 11.8. The summed E-state index contributed by atoms with van der Waals surface area (Å²) in [6.45, 7) is 11.7. The summed E-state index contributed by atoms with van der Waals surface area (Å²) in [6.07, 6.45) is 3.73. The molecule has 4 nitrogen and oxygen atoms in total. The Morgan fingerprint density at radius 2 is 2.10 bits per heavy atom. The van der Waals surface area contributed by atoms with E-state index in [1.165, 1.54) is 0 Å². The fourth-order valence-electron chi connectivity index (χ4n) is 1.69. The van der Waals surface area contributed by atoms with Gasteiger partial charge in [0, 0.05) is 12.1 Å². The van der Waals surface area contributed by atoms with Crippen LogP contribution >= 0.6 is 0 Å². The summed E-state index contributed by atoms with van der Waals surface area (Å²) in [4.78, 5) is 16.0. The predicted molar refractivity (Wildman–Crippen MR) is 87.6 cm³/mol. The van der Waals surface area contributed by atoms with Crippen LogP contribution in [0.2, 0.25) is 18.1 Å². The molecule has 21 heavy (non-hydrogen) atoms. The minimum absolute atomic E-state index is 0.0879. The fraction of sp³-hybridized carbons (Fsp3) is 0.625. The first-order chi connectivity index (χ1) is 9.69. The molecular formula is C16H26N2O2Si. The number of nitrogens with one attached hydrogen (secondary N) is 1. The third-order valence-electron chi connectivity index (χ3n) is 4.43. The maximum atomic E-state index is 11.8. The largest absolute Gasteiger partial charge is 0.413 e. The number of aromatic nitrogens is 1. The molecular weight excluding hydrogens is 280 g/mol. The van der Waals surface area contributed by atoms with Gasteiger partial charge in [-0.25, -0.2) is 4.98 Å². The summed E-state index contributed by atoms with van der Waals surface area (Å²) >= 11 is 0. The highest BCUT2D eigenvalue weighted by Crippen LogP contribution is 2.37. The van der Waals surface area contributed by atoms with Gasteiger partial charge in [-0.05, 0) is 48.7 Å². The second kappa shape index (κ2) is 5.89. The van der Waals surface area contributed by atoms with Gasteiger partial charge in [-0.15, -0.1) is 0 Å². The molecule has 1 aromatic rings. The molecule has 1 aromatic heterocycles. The van der Waals surface area contributed by atoms with Gasteiger partial charge >= 0.3 is 0 Å². The molecule has 0 saturated heterocycles. The molecule has 0 radical (unpaired) electrons. The second-order valence-electron chi connectivity index (χ2n) is 7.36. The first-order valence-corrected chi connectivity index (χ1v) is 10.5. The highest BCUT2D eigenvalue weighted by atomic mass is 28.4. The van der Waals surface area contributed by atoms with Crippen molar-refractivity contribution in [3.05, 3.63) is 23.9 Å². The predicted octanol–water partition coefficient (Wildman–Crippen LogP) is 3.95. The van der Waals surface area contributed by atoms with Gasteiger partial charge in [0.25, 0.3) is 0 Å². The minimum atomic E-state index is -1.75. The van der Waals surface area contributed by atoms with Gasteiger partial charge in [0.1, 0.15) is 5.82 Å². The normalized spacial score (nSPS) is 15.9. The molecule has 1 N–H and O–H groups in total. The smallest absolute Gasteiger partial charge is 0.228 e. The van der Waals surface area contributed by atoms with Gasteiger partial charge in [-0.2, -0.15) is 0 Å². The van der Waals surface area contributed by atoms with Crippen molar-refractivity contribution in [2.24, 2.45) is 5.92 Å². The van der Waals surface area contributed by atoms with Gasteiger partial charge in [-0.1, -0.05) is 20.8 Å². The van der Waals surface area contributed by atoms with E-state index in [1.807, 2.05) is 12.1 Å². The Balaban J connectivity index is 1.96. The van der Waals surface area contributed by atoms with Crippen molar-refractivity contribution in [1.82, 2.24) is 4.98 Å². The number of hydrogen-bond acceptors (Lipinski definition) is 3. The van der Waals surface area contributed by atoms with Crippen LogP contribution in [0.3, 0.4) is 0 Å². The second-order valence-corrected chi connectivity index (χ2v) is 12.2. The van der Waals surface area contributed by atoms with Crippen molar-refractivity contribution in [1.29, 1.82) is 0 Å². The number of hydrogen-bond donors (Lipinski definition) is 1. The molecule has 5 heteroatoms. The number of amides is 1. The fourth-order valence-corrected chi connectivity index (χ4v) is 2.65. The molecule has 0 aromatic carbocycles. The monoisotopic (exact) mass is 306 g/mol. The van der Waals surface area contributed by atoms with Gasteiger partial charge in [0.15, 0.2) is 8.32 Å². The lowest BCUT2D eigenvalue weighted by Crippen LogP contribution is -2.40. The van der Waals surface area contributed by atoms with Gasteiger partial charge < -0.3 is 9.74 Å². The molecule has 1 aliphatic carbocycles. The van der Waals surface area contributed by atoms with Crippen LogP contribution in [0, 0.1) is 5.92 Å². The van der Waals surface area contributed by atoms with Crippen LogP contribution in [0.15, 0.2) is 18.3 Å². The van der Waals surface area contributed by atoms with Crippen molar-refractivity contribution in [2.75, 3.05) is 5.32 Å². The summed E-state index contributed by atoms with van der Waals surface area (Å²) in [5, 5.41) is 3.07. The zero-order valence-corrected chi connectivity index (χ0v) is 14.7. The minimum Gasteiger partial charge on any atom is -0.413 e. The van der Waals surface area contributed by atoms with Crippen molar-refractivity contribution < 1.29 is 9.22 Å². The molecule has 116 valence electrons. The number of carbonyl (C=O) groups is 1. The molecule has 0 bridgehead atoms. The lowest BCUT2D eigenvalue weighted by molar-refractivity contribution is -0.117. The first kappa shape index (κ1) is 16.2. The number of nitrogens with zero attached hydrogens (tertiary/aromatic N) is 1. The van der Waals surface area contributed by atoms with Crippen molar-refractivity contribution in [3.63, 3.8) is 0 Å². The zero-order chi connectivity index (χ0) is 15.7. The van der Waals surface area contributed by atoms with Crippen LogP contribution < -0.4 is 5.32 Å². The topological polar surface area (TPSA) is 51.2 Å². The summed E-state index contributed by atoms with van der Waals surface area (Å²) in [5.74, 6) is 0.909. The van der Waals surface area contributed by atoms with Crippen LogP contribution in [0.1, 0.15) is 39.2 Å². The highest BCUT2D eigenvalue weighted by molar-refractivity contribution is 6.74. The summed E-state index contributed by atoms with van der Waals surface area (Å²) in [6, 6.07) is 3.85. The third kappa shape index (κ3) is 4.38. The molecule has 1 heterocycles. The Kier molecular flexibility index (Phi) is 4.53. The molecule has 0 atom stereocenters. The Hall–Kier alpha value is -1.20. The summed E-state index contributed by atoms with van der Waals surface area (Å²) in [7, 11) is -1.75. The van der Waals surface area contributed by atoms with Gasteiger partial charge in [0.05, 0.1) is 6.61 Å². The first-order valence-electron chi connectivity index (χ1n) is 7.59.